The van der Waals surface area contributed by atoms with Gasteiger partial charge in [0.1, 0.15) is 17.3 Å². The molecule has 0 aliphatic carbocycles. The lowest BCUT2D eigenvalue weighted by molar-refractivity contribution is 0.481. The second-order valence-electron chi connectivity index (χ2n) is 4.58. The third-order valence-corrected chi connectivity index (χ3v) is 4.15. The van der Waals surface area contributed by atoms with E-state index >= 15 is 0 Å². The second kappa shape index (κ2) is 6.04. The van der Waals surface area contributed by atoms with E-state index in [1.54, 1.807) is 12.1 Å². The molecule has 0 N–H and O–H groups in total. The molecule has 0 aromatic heterocycles. The van der Waals surface area contributed by atoms with Crippen LogP contribution < -0.4 is 4.74 Å². The van der Waals surface area contributed by atoms with E-state index in [1.165, 1.54) is 12.1 Å². The number of halogens is 3. The average Bonchev–Trinajstić information content (AvgIpc) is 2.52. The summed E-state index contributed by atoms with van der Waals surface area (Å²) >= 11 is 9.55. The fourth-order valence-corrected chi connectivity index (χ4v) is 2.86. The van der Waals surface area contributed by atoms with Crippen LogP contribution in [0.3, 0.4) is 0 Å². The zero-order chi connectivity index (χ0) is 14.8. The van der Waals surface area contributed by atoms with Crippen LogP contribution in [0.4, 0.5) is 4.39 Å². The van der Waals surface area contributed by atoms with Crippen molar-refractivity contribution in [3.05, 3.63) is 71.0 Å². The van der Waals surface area contributed by atoms with Crippen LogP contribution in [0.2, 0.25) is 5.02 Å². The molecule has 106 valence electrons. The van der Waals surface area contributed by atoms with Gasteiger partial charge in [0.15, 0.2) is 0 Å². The molecule has 0 radical (unpaired) electrons. The molecule has 4 heteroatoms. The highest BCUT2D eigenvalue weighted by molar-refractivity contribution is 9.08. The molecule has 0 atom stereocenters. The van der Waals surface area contributed by atoms with Crippen molar-refractivity contribution in [3.8, 4) is 11.5 Å². The quantitative estimate of drug-likeness (QED) is 0.493. The first-order chi connectivity index (χ1) is 10.2. The van der Waals surface area contributed by atoms with Crippen LogP contribution in [-0.2, 0) is 5.33 Å². The van der Waals surface area contributed by atoms with Crippen molar-refractivity contribution in [1.29, 1.82) is 0 Å². The lowest BCUT2D eigenvalue weighted by Gasteiger charge is -2.12. The second-order valence-corrected chi connectivity index (χ2v) is 5.55. The van der Waals surface area contributed by atoms with Gasteiger partial charge in [0, 0.05) is 26.7 Å². The predicted molar refractivity (Wildman–Crippen MR) is 88.1 cm³/mol. The summed E-state index contributed by atoms with van der Waals surface area (Å²) in [6.07, 6.45) is 0. The first kappa shape index (κ1) is 14.4. The Bertz CT molecular complexity index is 804. The number of hydrogen-bond acceptors (Lipinski definition) is 1. The van der Waals surface area contributed by atoms with E-state index in [2.05, 4.69) is 15.9 Å². The van der Waals surface area contributed by atoms with Crippen molar-refractivity contribution in [3.63, 3.8) is 0 Å². The molecule has 21 heavy (non-hydrogen) atoms. The first-order valence-electron chi connectivity index (χ1n) is 6.38. The van der Waals surface area contributed by atoms with Gasteiger partial charge in [-0.25, -0.2) is 4.39 Å². The fraction of sp³-hybridized carbons (Fsp3) is 0.0588. The number of rotatable bonds is 3. The van der Waals surface area contributed by atoms with Gasteiger partial charge in [-0.3, -0.25) is 0 Å². The molecule has 0 saturated heterocycles. The van der Waals surface area contributed by atoms with E-state index in [4.69, 9.17) is 16.3 Å². The molecule has 0 amide bonds. The molecule has 0 saturated carbocycles. The zero-order valence-electron chi connectivity index (χ0n) is 10.9. The van der Waals surface area contributed by atoms with Crippen LogP contribution in [0.15, 0.2) is 54.6 Å². The molecule has 0 spiro atoms. The predicted octanol–water partition coefficient (Wildman–Crippen LogP) is 6.32. The highest BCUT2D eigenvalue weighted by atomic mass is 79.9. The average molecular weight is 366 g/mol. The van der Waals surface area contributed by atoms with Crippen LogP contribution >= 0.6 is 27.5 Å². The maximum absolute atomic E-state index is 13.3. The Morgan fingerprint density at radius 2 is 1.67 bits per heavy atom. The summed E-state index contributed by atoms with van der Waals surface area (Å²) in [5.74, 6) is 1.04. The van der Waals surface area contributed by atoms with E-state index < -0.39 is 0 Å². The van der Waals surface area contributed by atoms with E-state index in [9.17, 15) is 4.39 Å². The van der Waals surface area contributed by atoms with Gasteiger partial charge in [-0.2, -0.15) is 0 Å². The number of alkyl halides is 1. The molecule has 3 aromatic carbocycles. The highest BCUT2D eigenvalue weighted by Gasteiger charge is 2.09. The molecule has 0 bridgehead atoms. The van der Waals surface area contributed by atoms with Gasteiger partial charge < -0.3 is 4.74 Å². The van der Waals surface area contributed by atoms with Gasteiger partial charge in [0.25, 0.3) is 0 Å². The standard InChI is InChI=1S/C17H11BrClFO/c18-10-11-9-12(20)5-7-16(11)21-17-8-6-15(19)13-3-1-2-4-14(13)17/h1-9H,10H2. The summed E-state index contributed by atoms with van der Waals surface area (Å²) in [5.41, 5.74) is 0.758. The Morgan fingerprint density at radius 3 is 2.43 bits per heavy atom. The monoisotopic (exact) mass is 364 g/mol. The van der Waals surface area contributed by atoms with Crippen LogP contribution in [0.1, 0.15) is 5.56 Å². The lowest BCUT2D eigenvalue weighted by atomic mass is 10.1. The number of fused-ring (bicyclic) bond motifs is 1. The van der Waals surface area contributed by atoms with Crippen molar-refractivity contribution in [2.75, 3.05) is 0 Å². The van der Waals surface area contributed by atoms with Gasteiger partial charge in [0.2, 0.25) is 0 Å². The summed E-state index contributed by atoms with van der Waals surface area (Å²) in [6.45, 7) is 0. The molecule has 0 fully saturated rings. The van der Waals surface area contributed by atoms with Crippen molar-refractivity contribution >= 4 is 38.3 Å². The largest absolute Gasteiger partial charge is 0.456 e. The van der Waals surface area contributed by atoms with Gasteiger partial charge in [-0.05, 0) is 30.3 Å². The molecule has 0 aliphatic rings. The third-order valence-electron chi connectivity index (χ3n) is 3.22. The van der Waals surface area contributed by atoms with E-state index in [0.29, 0.717) is 21.9 Å². The van der Waals surface area contributed by atoms with Crippen LogP contribution in [0.5, 0.6) is 11.5 Å². The summed E-state index contributed by atoms with van der Waals surface area (Å²) < 4.78 is 19.3. The Labute approximate surface area is 135 Å². The van der Waals surface area contributed by atoms with Crippen molar-refractivity contribution in [2.24, 2.45) is 0 Å². The number of ether oxygens (including phenoxy) is 1. The van der Waals surface area contributed by atoms with E-state index in [1.807, 2.05) is 30.3 Å². The van der Waals surface area contributed by atoms with Crippen LogP contribution in [0, 0.1) is 5.82 Å². The Morgan fingerprint density at radius 1 is 0.952 bits per heavy atom. The van der Waals surface area contributed by atoms with Crippen LogP contribution in [0.25, 0.3) is 10.8 Å². The topological polar surface area (TPSA) is 9.23 Å². The Balaban J connectivity index is 2.09. The maximum Gasteiger partial charge on any atom is 0.135 e. The summed E-state index contributed by atoms with van der Waals surface area (Å²) in [7, 11) is 0. The molecule has 0 unspecified atom stereocenters. The van der Waals surface area contributed by atoms with Crippen molar-refractivity contribution in [1.82, 2.24) is 0 Å². The SMILES string of the molecule is Fc1ccc(Oc2ccc(Cl)c3ccccc23)c(CBr)c1. The number of hydrogen-bond donors (Lipinski definition) is 0. The minimum atomic E-state index is -0.280. The van der Waals surface area contributed by atoms with Gasteiger partial charge in [-0.15, -0.1) is 0 Å². The molecular formula is C17H11BrClFO. The summed E-state index contributed by atoms with van der Waals surface area (Å²) in [4.78, 5) is 0. The first-order valence-corrected chi connectivity index (χ1v) is 7.88. The minimum absolute atomic E-state index is 0.280. The lowest BCUT2D eigenvalue weighted by Crippen LogP contribution is -1.92. The van der Waals surface area contributed by atoms with Gasteiger partial charge in [-0.1, -0.05) is 51.8 Å². The maximum atomic E-state index is 13.3. The molecule has 3 aromatic rings. The minimum Gasteiger partial charge on any atom is -0.456 e. The van der Waals surface area contributed by atoms with Crippen molar-refractivity contribution in [2.45, 2.75) is 5.33 Å². The molecule has 1 nitrogen and oxygen atoms in total. The highest BCUT2D eigenvalue weighted by Crippen LogP contribution is 2.35. The summed E-state index contributed by atoms with van der Waals surface area (Å²) in [6, 6.07) is 15.9. The zero-order valence-corrected chi connectivity index (χ0v) is 13.3. The Hall–Kier alpha value is -1.58. The van der Waals surface area contributed by atoms with E-state index in [0.717, 1.165) is 16.3 Å². The van der Waals surface area contributed by atoms with Crippen molar-refractivity contribution < 1.29 is 9.13 Å². The molecule has 3 rings (SSSR count). The molecule has 0 aliphatic heterocycles. The van der Waals surface area contributed by atoms with Crippen LogP contribution in [-0.4, -0.2) is 0 Å². The normalized spacial score (nSPS) is 10.8. The summed E-state index contributed by atoms with van der Waals surface area (Å²) in [5, 5.41) is 3.05. The fourth-order valence-electron chi connectivity index (χ4n) is 2.19. The molecule has 0 heterocycles. The van der Waals surface area contributed by atoms with Gasteiger partial charge >= 0.3 is 0 Å². The van der Waals surface area contributed by atoms with E-state index in [-0.39, 0.29) is 5.82 Å². The Kier molecular flexibility index (Phi) is 4.13. The van der Waals surface area contributed by atoms with Gasteiger partial charge in [0.05, 0.1) is 0 Å². The number of benzene rings is 3. The smallest absolute Gasteiger partial charge is 0.135 e. The molecular weight excluding hydrogens is 355 g/mol. The third kappa shape index (κ3) is 2.89.